The molecule has 1 aromatic carbocycles. The summed E-state index contributed by atoms with van der Waals surface area (Å²) < 4.78 is 0. The Labute approximate surface area is 92.1 Å². The lowest BCUT2D eigenvalue weighted by molar-refractivity contribution is 1.17. The smallest absolute Gasteiger partial charge is 0.133 e. The first-order valence-corrected chi connectivity index (χ1v) is 4.72. The minimum atomic E-state index is 0.496. The van der Waals surface area contributed by atoms with Gasteiger partial charge >= 0.3 is 0 Å². The van der Waals surface area contributed by atoms with E-state index in [4.69, 9.17) is 17.3 Å². The lowest BCUT2D eigenvalue weighted by Gasteiger charge is -2.08. The molecule has 0 bridgehead atoms. The van der Waals surface area contributed by atoms with Crippen molar-refractivity contribution in [2.24, 2.45) is 0 Å². The summed E-state index contributed by atoms with van der Waals surface area (Å²) in [7, 11) is 0. The highest BCUT2D eigenvalue weighted by atomic mass is 35.5. The molecule has 0 aliphatic rings. The highest BCUT2D eigenvalue weighted by Crippen LogP contribution is 2.29. The maximum atomic E-state index is 6.01. The van der Waals surface area contributed by atoms with E-state index in [-0.39, 0.29) is 0 Å². The van der Waals surface area contributed by atoms with Gasteiger partial charge < -0.3 is 11.1 Å². The van der Waals surface area contributed by atoms with Crippen LogP contribution in [-0.2, 0) is 0 Å². The van der Waals surface area contributed by atoms with E-state index in [9.17, 15) is 0 Å². The van der Waals surface area contributed by atoms with Gasteiger partial charge in [0.05, 0.1) is 16.4 Å². The Kier molecular flexibility index (Phi) is 2.69. The normalized spacial score (nSPS) is 9.93. The molecule has 0 fully saturated rings. The van der Waals surface area contributed by atoms with Crippen LogP contribution >= 0.6 is 11.6 Å². The summed E-state index contributed by atoms with van der Waals surface area (Å²) >= 11 is 6.01. The molecule has 4 nitrogen and oxygen atoms in total. The Morgan fingerprint density at radius 2 is 2.13 bits per heavy atom. The maximum absolute atomic E-state index is 6.01. The number of nitrogens with zero attached hydrogens (tertiary/aromatic N) is 2. The summed E-state index contributed by atoms with van der Waals surface area (Å²) in [4.78, 5) is 7.84. The Bertz CT molecular complexity index is 458. The van der Waals surface area contributed by atoms with Crippen LogP contribution in [0.1, 0.15) is 0 Å². The van der Waals surface area contributed by atoms with Crippen molar-refractivity contribution in [3.63, 3.8) is 0 Å². The summed E-state index contributed by atoms with van der Waals surface area (Å²) in [6.45, 7) is 0. The maximum Gasteiger partial charge on any atom is 0.133 e. The van der Waals surface area contributed by atoms with Crippen molar-refractivity contribution in [1.82, 2.24) is 9.97 Å². The summed E-state index contributed by atoms with van der Waals surface area (Å²) in [6.07, 6.45) is 3.11. The van der Waals surface area contributed by atoms with Gasteiger partial charge in [-0.1, -0.05) is 17.7 Å². The summed E-state index contributed by atoms with van der Waals surface area (Å²) in [5, 5.41) is 3.55. The van der Waals surface area contributed by atoms with Crippen LogP contribution in [0.15, 0.2) is 36.8 Å². The molecule has 0 spiro atoms. The van der Waals surface area contributed by atoms with Gasteiger partial charge in [-0.25, -0.2) is 9.97 Å². The molecule has 3 N–H and O–H groups in total. The lowest BCUT2D eigenvalue weighted by atomic mass is 10.3. The second-order valence-electron chi connectivity index (χ2n) is 2.93. The van der Waals surface area contributed by atoms with Gasteiger partial charge in [-0.2, -0.15) is 0 Å². The Morgan fingerprint density at radius 3 is 2.87 bits per heavy atom. The van der Waals surface area contributed by atoms with E-state index in [1.807, 2.05) is 12.1 Å². The molecule has 5 heteroatoms. The second-order valence-corrected chi connectivity index (χ2v) is 3.31. The number of nitrogen functional groups attached to an aromatic ring is 1. The van der Waals surface area contributed by atoms with Crippen LogP contribution < -0.4 is 11.1 Å². The molecular weight excluding hydrogens is 212 g/mol. The first-order valence-electron chi connectivity index (χ1n) is 4.34. The fourth-order valence-corrected chi connectivity index (χ4v) is 1.32. The van der Waals surface area contributed by atoms with Gasteiger partial charge in [-0.15, -0.1) is 0 Å². The number of hydrogen-bond donors (Lipinski definition) is 2. The number of rotatable bonds is 2. The highest BCUT2D eigenvalue weighted by Gasteiger charge is 2.03. The van der Waals surface area contributed by atoms with E-state index in [1.54, 1.807) is 18.3 Å². The number of nitrogens with one attached hydrogen (secondary N) is 1. The molecule has 0 unspecified atom stereocenters. The largest absolute Gasteiger partial charge is 0.397 e. The van der Waals surface area contributed by atoms with Gasteiger partial charge in [-0.3, -0.25) is 0 Å². The molecule has 0 aliphatic heterocycles. The van der Waals surface area contributed by atoms with Crippen LogP contribution in [0.2, 0.25) is 5.02 Å². The third-order valence-electron chi connectivity index (χ3n) is 1.87. The average molecular weight is 221 g/mol. The molecule has 2 rings (SSSR count). The fourth-order valence-electron chi connectivity index (χ4n) is 1.15. The SMILES string of the molecule is Nc1cccc(Nc2ccncn2)c1Cl. The highest BCUT2D eigenvalue weighted by molar-refractivity contribution is 6.35. The molecule has 0 saturated carbocycles. The van der Waals surface area contributed by atoms with Crippen molar-refractivity contribution in [1.29, 1.82) is 0 Å². The predicted octanol–water partition coefficient (Wildman–Crippen LogP) is 2.46. The van der Waals surface area contributed by atoms with Crippen molar-refractivity contribution < 1.29 is 0 Å². The average Bonchev–Trinajstić information content (AvgIpc) is 2.26. The molecule has 1 heterocycles. The lowest BCUT2D eigenvalue weighted by Crippen LogP contribution is -1.96. The molecule has 0 saturated heterocycles. The van der Waals surface area contributed by atoms with Crippen LogP contribution in [0.3, 0.4) is 0 Å². The summed E-state index contributed by atoms with van der Waals surface area (Å²) in [5.41, 5.74) is 6.94. The zero-order valence-corrected chi connectivity index (χ0v) is 8.57. The molecule has 0 amide bonds. The predicted molar refractivity (Wildman–Crippen MR) is 61.2 cm³/mol. The van der Waals surface area contributed by atoms with Crippen LogP contribution in [0.4, 0.5) is 17.2 Å². The zero-order chi connectivity index (χ0) is 10.7. The number of hydrogen-bond acceptors (Lipinski definition) is 4. The van der Waals surface area contributed by atoms with Gasteiger partial charge in [-0.05, 0) is 18.2 Å². The van der Waals surface area contributed by atoms with Crippen molar-refractivity contribution in [3.8, 4) is 0 Å². The fraction of sp³-hybridized carbons (Fsp3) is 0. The van der Waals surface area contributed by atoms with Crippen molar-refractivity contribution >= 4 is 28.8 Å². The van der Waals surface area contributed by atoms with Crippen molar-refractivity contribution in [3.05, 3.63) is 41.8 Å². The van der Waals surface area contributed by atoms with Gasteiger partial charge in [0.15, 0.2) is 0 Å². The quantitative estimate of drug-likeness (QED) is 0.764. The molecule has 15 heavy (non-hydrogen) atoms. The van der Waals surface area contributed by atoms with Gasteiger partial charge in [0, 0.05) is 6.20 Å². The summed E-state index contributed by atoms with van der Waals surface area (Å²) in [5.74, 6) is 0.678. The minimum Gasteiger partial charge on any atom is -0.397 e. The van der Waals surface area contributed by atoms with E-state index in [0.717, 1.165) is 5.69 Å². The Balaban J connectivity index is 2.29. The molecule has 0 atom stereocenters. The monoisotopic (exact) mass is 220 g/mol. The van der Waals surface area contributed by atoms with E-state index < -0.39 is 0 Å². The number of aromatic nitrogens is 2. The van der Waals surface area contributed by atoms with Crippen molar-refractivity contribution in [2.75, 3.05) is 11.1 Å². The van der Waals surface area contributed by atoms with E-state index in [0.29, 0.717) is 16.5 Å². The molecular formula is C10H9ClN4. The molecule has 2 aromatic rings. The van der Waals surface area contributed by atoms with Crippen LogP contribution in [0, 0.1) is 0 Å². The third kappa shape index (κ3) is 2.16. The van der Waals surface area contributed by atoms with Crippen LogP contribution in [0.25, 0.3) is 0 Å². The Morgan fingerprint density at radius 1 is 1.27 bits per heavy atom. The first kappa shape index (κ1) is 9.73. The van der Waals surface area contributed by atoms with E-state index in [1.165, 1.54) is 6.33 Å². The van der Waals surface area contributed by atoms with Crippen LogP contribution in [0.5, 0.6) is 0 Å². The van der Waals surface area contributed by atoms with Gasteiger partial charge in [0.1, 0.15) is 12.1 Å². The van der Waals surface area contributed by atoms with E-state index in [2.05, 4.69) is 15.3 Å². The number of nitrogens with two attached hydrogens (primary N) is 1. The van der Waals surface area contributed by atoms with Crippen LogP contribution in [-0.4, -0.2) is 9.97 Å². The van der Waals surface area contributed by atoms with Gasteiger partial charge in [0.25, 0.3) is 0 Å². The minimum absolute atomic E-state index is 0.496. The van der Waals surface area contributed by atoms with Gasteiger partial charge in [0.2, 0.25) is 0 Å². The molecule has 0 aliphatic carbocycles. The number of benzene rings is 1. The van der Waals surface area contributed by atoms with Crippen molar-refractivity contribution in [2.45, 2.75) is 0 Å². The number of halogens is 1. The standard InChI is InChI=1S/C10H9ClN4/c11-10-7(12)2-1-3-8(10)15-9-4-5-13-6-14-9/h1-6H,12H2,(H,13,14,15). The molecule has 1 aromatic heterocycles. The molecule has 76 valence electrons. The topological polar surface area (TPSA) is 63.8 Å². The van der Waals surface area contributed by atoms with E-state index >= 15 is 0 Å². The second kappa shape index (κ2) is 4.14. The number of anilines is 3. The zero-order valence-electron chi connectivity index (χ0n) is 7.81. The molecule has 0 radical (unpaired) electrons. The third-order valence-corrected chi connectivity index (χ3v) is 2.30. The summed E-state index contributed by atoms with van der Waals surface area (Å²) in [6, 6.07) is 7.15. The Hall–Kier alpha value is -1.81. The first-order chi connectivity index (χ1) is 7.27.